The van der Waals surface area contributed by atoms with Gasteiger partial charge in [-0.25, -0.2) is 4.39 Å². The first-order chi connectivity index (χ1) is 16.2. The zero-order chi connectivity index (χ0) is 24.5. The van der Waals surface area contributed by atoms with Gasteiger partial charge in [0.1, 0.15) is 17.5 Å². The van der Waals surface area contributed by atoms with E-state index >= 15 is 4.39 Å². The van der Waals surface area contributed by atoms with Crippen LogP contribution in [-0.4, -0.2) is 29.5 Å². The van der Waals surface area contributed by atoms with Gasteiger partial charge in [0, 0.05) is 47.0 Å². The minimum absolute atomic E-state index is 0.122. The number of aromatic amines is 1. The molecule has 0 radical (unpaired) electrons. The molecule has 174 valence electrons. The average molecular weight is 457 g/mol. The molecule has 0 atom stereocenters. The molecule has 0 spiro atoms. The number of halogens is 1. The molecule has 3 aromatic rings. The number of benzene rings is 2. The molecule has 2 N–H and O–H groups in total. The number of anilines is 1. The number of hydrogen-bond acceptors (Lipinski definition) is 3. The van der Waals surface area contributed by atoms with E-state index in [0.717, 1.165) is 39.8 Å². The van der Waals surface area contributed by atoms with Crippen LogP contribution in [0.5, 0.6) is 0 Å². The molecule has 0 bridgehead atoms. The van der Waals surface area contributed by atoms with Crippen LogP contribution in [-0.2, 0) is 11.2 Å². The molecule has 1 aliphatic rings. The number of carbonyl (C=O) groups is 1. The van der Waals surface area contributed by atoms with Crippen LogP contribution in [0, 0.1) is 17.1 Å². The van der Waals surface area contributed by atoms with Gasteiger partial charge in [-0.1, -0.05) is 24.3 Å². The lowest BCUT2D eigenvalue weighted by atomic mass is 9.87. The number of hydrogen-bond donors (Lipinski definition) is 2. The molecule has 0 unspecified atom stereocenters. The Morgan fingerprint density at radius 2 is 2.06 bits per heavy atom. The Labute approximate surface area is 199 Å². The number of amides is 1. The number of fused-ring (bicyclic) bond motifs is 2. The van der Waals surface area contributed by atoms with Crippen molar-refractivity contribution in [1.82, 2.24) is 10.3 Å². The zero-order valence-electron chi connectivity index (χ0n) is 20.0. The van der Waals surface area contributed by atoms with Crippen molar-refractivity contribution in [3.63, 3.8) is 0 Å². The Morgan fingerprint density at radius 1 is 1.29 bits per heavy atom. The SMILES string of the molecule is CCN1c2cc(F)c(/C=C(\C#N)C(=O)NCCc3c[nH]c4ccccc34)cc2C(C)=CC1(C)C. The second-order valence-electron chi connectivity index (χ2n) is 9.15. The second kappa shape index (κ2) is 9.18. The van der Waals surface area contributed by atoms with Crippen LogP contribution >= 0.6 is 0 Å². The van der Waals surface area contributed by atoms with Gasteiger partial charge in [0.05, 0.1) is 5.54 Å². The van der Waals surface area contributed by atoms with E-state index in [4.69, 9.17) is 0 Å². The highest BCUT2D eigenvalue weighted by Gasteiger charge is 2.31. The molecule has 2 aromatic carbocycles. The number of rotatable bonds is 6. The van der Waals surface area contributed by atoms with Crippen molar-refractivity contribution in [2.24, 2.45) is 0 Å². The molecule has 2 heterocycles. The number of likely N-dealkylation sites (N-methyl/N-ethyl adjacent to an activating group) is 1. The molecular formula is C28H29FN4O. The van der Waals surface area contributed by atoms with Crippen LogP contribution in [0.1, 0.15) is 44.4 Å². The summed E-state index contributed by atoms with van der Waals surface area (Å²) in [5.41, 5.74) is 4.78. The summed E-state index contributed by atoms with van der Waals surface area (Å²) < 4.78 is 15.1. The maximum atomic E-state index is 15.1. The Bertz CT molecular complexity index is 1360. The molecular weight excluding hydrogens is 427 g/mol. The lowest BCUT2D eigenvalue weighted by molar-refractivity contribution is -0.117. The van der Waals surface area contributed by atoms with Gasteiger partial charge in [0.15, 0.2) is 0 Å². The monoisotopic (exact) mass is 456 g/mol. The van der Waals surface area contributed by atoms with Crippen LogP contribution in [0.4, 0.5) is 10.1 Å². The molecule has 0 aliphatic carbocycles. The van der Waals surface area contributed by atoms with Crippen LogP contribution in [0.15, 0.2) is 54.2 Å². The first kappa shape index (κ1) is 23.3. The number of para-hydroxylation sites is 1. The number of aromatic nitrogens is 1. The fourth-order valence-corrected chi connectivity index (χ4v) is 4.85. The summed E-state index contributed by atoms with van der Waals surface area (Å²) >= 11 is 0. The van der Waals surface area contributed by atoms with E-state index in [9.17, 15) is 10.1 Å². The van der Waals surface area contributed by atoms with E-state index in [0.29, 0.717) is 13.0 Å². The summed E-state index contributed by atoms with van der Waals surface area (Å²) in [5, 5.41) is 13.5. The van der Waals surface area contributed by atoms with Gasteiger partial charge in [0.25, 0.3) is 5.91 Å². The van der Waals surface area contributed by atoms with E-state index in [-0.39, 0.29) is 16.7 Å². The number of allylic oxidation sites excluding steroid dienone is 1. The van der Waals surface area contributed by atoms with E-state index in [1.165, 1.54) is 12.1 Å². The third-order valence-corrected chi connectivity index (χ3v) is 6.43. The Hall–Kier alpha value is -3.85. The first-order valence-electron chi connectivity index (χ1n) is 11.5. The molecule has 6 heteroatoms. The molecule has 0 saturated carbocycles. The number of nitriles is 1. The summed E-state index contributed by atoms with van der Waals surface area (Å²) in [6, 6.07) is 13.1. The highest BCUT2D eigenvalue weighted by Crippen LogP contribution is 2.40. The number of carbonyl (C=O) groups excluding carboxylic acids is 1. The quantitative estimate of drug-likeness (QED) is 0.375. The summed E-state index contributed by atoms with van der Waals surface area (Å²) in [6.07, 6.45) is 6.04. The standard InChI is InChI=1S/C28H29FN4O/c1-5-33-26-14-24(29)20(13-23(26)18(2)15-28(33,3)4)12-21(16-30)27(34)31-11-10-19-17-32-25-9-7-6-8-22(19)25/h6-9,12-15,17,32H,5,10-11H2,1-4H3,(H,31,34)/b21-12+. The predicted octanol–water partition coefficient (Wildman–Crippen LogP) is 5.59. The van der Waals surface area contributed by atoms with Crippen molar-refractivity contribution in [3.05, 3.63) is 76.8 Å². The Kier molecular flexibility index (Phi) is 6.30. The van der Waals surface area contributed by atoms with Crippen LogP contribution < -0.4 is 10.2 Å². The first-order valence-corrected chi connectivity index (χ1v) is 11.5. The Balaban J connectivity index is 1.53. The van der Waals surface area contributed by atoms with Crippen molar-refractivity contribution < 1.29 is 9.18 Å². The van der Waals surface area contributed by atoms with Crippen LogP contribution in [0.3, 0.4) is 0 Å². The average Bonchev–Trinajstić information content (AvgIpc) is 3.20. The zero-order valence-corrected chi connectivity index (χ0v) is 20.0. The maximum Gasteiger partial charge on any atom is 0.261 e. The molecule has 0 fully saturated rings. The van der Waals surface area contributed by atoms with Crippen molar-refractivity contribution in [1.29, 1.82) is 5.26 Å². The highest BCUT2D eigenvalue weighted by molar-refractivity contribution is 6.02. The van der Waals surface area contributed by atoms with E-state index in [1.54, 1.807) is 6.07 Å². The summed E-state index contributed by atoms with van der Waals surface area (Å²) in [6.45, 7) is 9.35. The lowest BCUT2D eigenvalue weighted by Crippen LogP contribution is -2.45. The van der Waals surface area contributed by atoms with Gasteiger partial charge in [-0.05, 0) is 69.5 Å². The highest BCUT2D eigenvalue weighted by atomic mass is 19.1. The molecule has 1 aromatic heterocycles. The van der Waals surface area contributed by atoms with E-state index in [1.807, 2.05) is 50.4 Å². The van der Waals surface area contributed by atoms with Crippen molar-refractivity contribution in [2.45, 2.75) is 39.7 Å². The summed E-state index contributed by atoms with van der Waals surface area (Å²) in [4.78, 5) is 18.0. The minimum atomic E-state index is -0.511. The molecule has 0 saturated heterocycles. The third-order valence-electron chi connectivity index (χ3n) is 6.43. The second-order valence-corrected chi connectivity index (χ2v) is 9.15. The number of nitrogens with zero attached hydrogens (tertiary/aromatic N) is 2. The molecule has 1 aliphatic heterocycles. The van der Waals surface area contributed by atoms with Crippen LogP contribution in [0.2, 0.25) is 0 Å². The Morgan fingerprint density at radius 3 is 2.79 bits per heavy atom. The fraction of sp³-hybridized carbons (Fsp3) is 0.286. The number of H-pyrrole nitrogens is 1. The van der Waals surface area contributed by atoms with Gasteiger partial charge in [-0.15, -0.1) is 0 Å². The van der Waals surface area contributed by atoms with Gasteiger partial charge in [-0.3, -0.25) is 4.79 Å². The van der Waals surface area contributed by atoms with E-state index < -0.39 is 11.7 Å². The van der Waals surface area contributed by atoms with E-state index in [2.05, 4.69) is 35.1 Å². The van der Waals surface area contributed by atoms with Gasteiger partial charge in [0.2, 0.25) is 0 Å². The minimum Gasteiger partial charge on any atom is -0.363 e. The van der Waals surface area contributed by atoms with Gasteiger partial charge in [-0.2, -0.15) is 5.26 Å². The summed E-state index contributed by atoms with van der Waals surface area (Å²) in [7, 11) is 0. The largest absolute Gasteiger partial charge is 0.363 e. The van der Waals surface area contributed by atoms with Crippen molar-refractivity contribution in [2.75, 3.05) is 18.0 Å². The third kappa shape index (κ3) is 4.34. The molecule has 4 rings (SSSR count). The molecule has 5 nitrogen and oxygen atoms in total. The lowest BCUT2D eigenvalue weighted by Gasteiger charge is -2.42. The van der Waals surface area contributed by atoms with Gasteiger partial charge < -0.3 is 15.2 Å². The maximum absolute atomic E-state index is 15.1. The predicted molar refractivity (Wildman–Crippen MR) is 136 cm³/mol. The summed E-state index contributed by atoms with van der Waals surface area (Å²) in [5.74, 6) is -0.968. The van der Waals surface area contributed by atoms with Crippen LogP contribution in [0.25, 0.3) is 22.6 Å². The van der Waals surface area contributed by atoms with Crippen molar-refractivity contribution in [3.8, 4) is 6.07 Å². The molecule has 34 heavy (non-hydrogen) atoms. The topological polar surface area (TPSA) is 71.9 Å². The number of nitrogens with one attached hydrogen (secondary N) is 2. The molecule has 1 amide bonds. The van der Waals surface area contributed by atoms with Gasteiger partial charge >= 0.3 is 0 Å². The smallest absolute Gasteiger partial charge is 0.261 e. The normalized spacial score (nSPS) is 15.0. The van der Waals surface area contributed by atoms with Crippen molar-refractivity contribution >= 4 is 34.1 Å². The fourth-order valence-electron chi connectivity index (χ4n) is 4.85.